The predicted molar refractivity (Wildman–Crippen MR) is 86.7 cm³/mol. The molecule has 1 aliphatic rings. The van der Waals surface area contributed by atoms with Crippen LogP contribution in [0.5, 0.6) is 5.75 Å². The van der Waals surface area contributed by atoms with Crippen LogP contribution >= 0.6 is 11.6 Å². The van der Waals surface area contributed by atoms with Gasteiger partial charge in [-0.05, 0) is 37.8 Å². The van der Waals surface area contributed by atoms with E-state index in [1.807, 2.05) is 0 Å². The molecule has 6 nitrogen and oxygen atoms in total. The molecule has 0 heterocycles. The summed E-state index contributed by atoms with van der Waals surface area (Å²) in [5.41, 5.74) is 0.175. The van der Waals surface area contributed by atoms with E-state index in [1.54, 1.807) is 25.1 Å². The van der Waals surface area contributed by atoms with E-state index in [0.29, 0.717) is 18.2 Å². The Labute approximate surface area is 140 Å². The van der Waals surface area contributed by atoms with Gasteiger partial charge in [-0.25, -0.2) is 0 Å². The summed E-state index contributed by atoms with van der Waals surface area (Å²) < 4.78 is 5.12. The summed E-state index contributed by atoms with van der Waals surface area (Å²) in [5.74, 6) is -0.150. The third-order valence-corrected chi connectivity index (χ3v) is 4.10. The molecule has 2 rings (SSSR count). The lowest BCUT2D eigenvalue weighted by Gasteiger charge is -2.20. The maximum absolute atomic E-state index is 12.3. The fourth-order valence-corrected chi connectivity index (χ4v) is 2.40. The molecule has 2 unspecified atom stereocenters. The Morgan fingerprint density at radius 1 is 1.43 bits per heavy atom. The molecule has 0 radical (unpaired) electrons. The number of aliphatic hydroxyl groups is 1. The van der Waals surface area contributed by atoms with Crippen molar-refractivity contribution in [1.29, 1.82) is 0 Å². The fourth-order valence-electron chi connectivity index (χ4n) is 2.15. The monoisotopic (exact) mass is 340 g/mol. The first-order valence-corrected chi connectivity index (χ1v) is 7.91. The molecule has 23 heavy (non-hydrogen) atoms. The number of methoxy groups -OCH3 is 1. The van der Waals surface area contributed by atoms with Gasteiger partial charge >= 0.3 is 0 Å². The number of benzene rings is 1. The van der Waals surface area contributed by atoms with Crippen LogP contribution in [0.3, 0.4) is 0 Å². The van der Waals surface area contributed by atoms with Gasteiger partial charge in [0.2, 0.25) is 0 Å². The first-order valence-electron chi connectivity index (χ1n) is 7.53. The van der Waals surface area contributed by atoms with Crippen LogP contribution in [0, 0.1) is 5.92 Å². The Balaban J connectivity index is 1.97. The lowest BCUT2D eigenvalue weighted by Crippen LogP contribution is -2.49. The molecule has 0 spiro atoms. The Bertz CT molecular complexity index is 589. The van der Waals surface area contributed by atoms with E-state index in [-0.39, 0.29) is 10.6 Å². The van der Waals surface area contributed by atoms with Gasteiger partial charge < -0.3 is 20.5 Å². The Hall–Kier alpha value is -1.79. The van der Waals surface area contributed by atoms with E-state index in [9.17, 15) is 14.7 Å². The number of carbonyl (C=O) groups is 2. The Kier molecular flexibility index (Phi) is 5.85. The highest BCUT2D eigenvalue weighted by Crippen LogP contribution is 2.27. The van der Waals surface area contributed by atoms with Gasteiger partial charge in [-0.2, -0.15) is 0 Å². The van der Waals surface area contributed by atoms with Gasteiger partial charge in [-0.3, -0.25) is 9.59 Å². The van der Waals surface area contributed by atoms with Crippen LogP contribution in [0.15, 0.2) is 18.2 Å². The Morgan fingerprint density at radius 2 is 2.13 bits per heavy atom. The highest BCUT2D eigenvalue weighted by Gasteiger charge is 2.28. The van der Waals surface area contributed by atoms with Crippen LogP contribution in [0.25, 0.3) is 0 Å². The maximum atomic E-state index is 12.3. The lowest BCUT2D eigenvalue weighted by molar-refractivity contribution is -0.130. The fraction of sp³-hybridized carbons (Fsp3) is 0.500. The maximum Gasteiger partial charge on any atom is 0.256 e. The van der Waals surface area contributed by atoms with Crippen LogP contribution in [-0.2, 0) is 4.79 Å². The number of hydrogen-bond acceptors (Lipinski definition) is 4. The van der Waals surface area contributed by atoms with E-state index < -0.39 is 24.0 Å². The number of ether oxygens (including phenoxy) is 1. The number of rotatable bonds is 7. The molecule has 0 saturated heterocycles. The number of hydrogen-bond donors (Lipinski definition) is 3. The second-order valence-corrected chi connectivity index (χ2v) is 6.12. The van der Waals surface area contributed by atoms with Crippen LogP contribution in [0.1, 0.15) is 30.1 Å². The van der Waals surface area contributed by atoms with E-state index in [2.05, 4.69) is 10.6 Å². The molecule has 0 aliphatic heterocycles. The zero-order valence-electron chi connectivity index (χ0n) is 13.1. The van der Waals surface area contributed by atoms with Gasteiger partial charge in [0, 0.05) is 6.54 Å². The second kappa shape index (κ2) is 7.66. The van der Waals surface area contributed by atoms with Crippen LogP contribution in [0.2, 0.25) is 5.02 Å². The second-order valence-electron chi connectivity index (χ2n) is 5.71. The van der Waals surface area contributed by atoms with Crippen molar-refractivity contribution in [2.24, 2.45) is 5.92 Å². The molecule has 0 aromatic heterocycles. The number of carbonyl (C=O) groups excluding carboxylic acids is 2. The first-order chi connectivity index (χ1) is 10.9. The molecule has 0 bridgehead atoms. The summed E-state index contributed by atoms with van der Waals surface area (Å²) >= 11 is 6.04. The van der Waals surface area contributed by atoms with Gasteiger partial charge in [0.1, 0.15) is 5.75 Å². The average Bonchev–Trinajstić information content (AvgIpc) is 3.35. The molecule has 1 aromatic rings. The molecule has 2 amide bonds. The number of amides is 2. The topological polar surface area (TPSA) is 87.7 Å². The molecular formula is C16H21ClN2O4. The van der Waals surface area contributed by atoms with Crippen molar-refractivity contribution in [2.75, 3.05) is 13.7 Å². The number of nitrogens with one attached hydrogen (secondary N) is 2. The van der Waals surface area contributed by atoms with Crippen LogP contribution < -0.4 is 15.4 Å². The van der Waals surface area contributed by atoms with Gasteiger partial charge in [0.15, 0.2) is 6.10 Å². The van der Waals surface area contributed by atoms with E-state index in [4.69, 9.17) is 16.3 Å². The standard InChI is InChI=1S/C16H21ClN2O4/c1-9(14(20)16(22)18-8-10-6-7-10)19-15(21)13-11(17)4-3-5-12(13)23-2/h3-5,9-10,14,20H,6-8H2,1-2H3,(H,18,22)(H,19,21). The van der Waals surface area contributed by atoms with E-state index in [1.165, 1.54) is 7.11 Å². The summed E-state index contributed by atoms with van der Waals surface area (Å²) in [6, 6.07) is 4.09. The molecule has 1 fully saturated rings. The zero-order chi connectivity index (χ0) is 17.0. The summed E-state index contributed by atoms with van der Waals surface area (Å²) in [5, 5.41) is 15.5. The van der Waals surface area contributed by atoms with Gasteiger partial charge in [0.05, 0.1) is 23.7 Å². The van der Waals surface area contributed by atoms with Crippen molar-refractivity contribution in [2.45, 2.75) is 31.9 Å². The molecular weight excluding hydrogens is 320 g/mol. The van der Waals surface area contributed by atoms with Crippen molar-refractivity contribution in [1.82, 2.24) is 10.6 Å². The van der Waals surface area contributed by atoms with Crippen LogP contribution in [0.4, 0.5) is 0 Å². The Morgan fingerprint density at radius 3 is 2.74 bits per heavy atom. The van der Waals surface area contributed by atoms with Crippen molar-refractivity contribution in [3.05, 3.63) is 28.8 Å². The molecule has 1 aromatic carbocycles. The predicted octanol–water partition coefficient (Wildman–Crippen LogP) is 1.35. The van der Waals surface area contributed by atoms with Crippen molar-refractivity contribution in [3.63, 3.8) is 0 Å². The van der Waals surface area contributed by atoms with Crippen molar-refractivity contribution in [3.8, 4) is 5.75 Å². The molecule has 2 atom stereocenters. The van der Waals surface area contributed by atoms with Gasteiger partial charge in [-0.1, -0.05) is 17.7 Å². The van der Waals surface area contributed by atoms with Gasteiger partial charge in [-0.15, -0.1) is 0 Å². The highest BCUT2D eigenvalue weighted by molar-refractivity contribution is 6.34. The summed E-state index contributed by atoms with van der Waals surface area (Å²) in [4.78, 5) is 24.2. The zero-order valence-corrected chi connectivity index (χ0v) is 13.9. The molecule has 3 N–H and O–H groups in total. The minimum atomic E-state index is -1.33. The lowest BCUT2D eigenvalue weighted by atomic mass is 10.1. The van der Waals surface area contributed by atoms with E-state index in [0.717, 1.165) is 12.8 Å². The SMILES string of the molecule is COc1cccc(Cl)c1C(=O)NC(C)C(O)C(=O)NCC1CC1. The van der Waals surface area contributed by atoms with Gasteiger partial charge in [0.25, 0.3) is 11.8 Å². The summed E-state index contributed by atoms with van der Waals surface area (Å²) in [7, 11) is 1.44. The molecule has 7 heteroatoms. The third-order valence-electron chi connectivity index (χ3n) is 3.79. The van der Waals surface area contributed by atoms with Crippen LogP contribution in [-0.4, -0.2) is 42.7 Å². The number of halogens is 1. The molecule has 126 valence electrons. The van der Waals surface area contributed by atoms with E-state index >= 15 is 0 Å². The number of aliphatic hydroxyl groups excluding tert-OH is 1. The normalized spacial score (nSPS) is 16.3. The summed E-state index contributed by atoms with van der Waals surface area (Å²) in [6.45, 7) is 2.12. The smallest absolute Gasteiger partial charge is 0.256 e. The minimum absolute atomic E-state index is 0.175. The molecule has 1 aliphatic carbocycles. The van der Waals surface area contributed by atoms with Crippen molar-refractivity contribution >= 4 is 23.4 Å². The molecule has 1 saturated carbocycles. The highest BCUT2D eigenvalue weighted by atomic mass is 35.5. The largest absolute Gasteiger partial charge is 0.496 e. The quantitative estimate of drug-likeness (QED) is 0.699. The van der Waals surface area contributed by atoms with Crippen molar-refractivity contribution < 1.29 is 19.4 Å². The third kappa shape index (κ3) is 4.59. The average molecular weight is 341 g/mol. The minimum Gasteiger partial charge on any atom is -0.496 e. The summed E-state index contributed by atoms with van der Waals surface area (Å²) in [6.07, 6.45) is 0.885. The first kappa shape index (κ1) is 17.6.